The quantitative estimate of drug-likeness (QED) is 0.667. The summed E-state index contributed by atoms with van der Waals surface area (Å²) < 4.78 is 11.0. The number of rotatable bonds is 6. The van der Waals surface area contributed by atoms with Crippen LogP contribution in [0.5, 0.6) is 0 Å². The topological polar surface area (TPSA) is 49.3 Å². The summed E-state index contributed by atoms with van der Waals surface area (Å²) in [7, 11) is -0.738. The van der Waals surface area contributed by atoms with Crippen molar-refractivity contribution < 1.29 is 9.32 Å². The van der Waals surface area contributed by atoms with Crippen LogP contribution in [0.4, 0.5) is 0 Å². The molecule has 0 saturated carbocycles. The van der Waals surface area contributed by atoms with Crippen LogP contribution < -0.4 is 5.32 Å². The highest BCUT2D eigenvalue weighted by Crippen LogP contribution is 1.98. The van der Waals surface area contributed by atoms with Gasteiger partial charge in [-0.05, 0) is 26.8 Å². The standard InChI is InChI=1S/C9H21NO2S/c1-7(13(4)12)5-6-10-8(2)9(3)11/h7-11H,5-6H2,1-4H3. The Bertz CT molecular complexity index is 162. The minimum absolute atomic E-state index is 0.109. The fourth-order valence-corrected chi connectivity index (χ4v) is 1.30. The lowest BCUT2D eigenvalue weighted by atomic mass is 10.2. The molecule has 0 aliphatic heterocycles. The highest BCUT2D eigenvalue weighted by atomic mass is 32.2. The summed E-state index contributed by atoms with van der Waals surface area (Å²) in [6.45, 7) is 6.49. The first-order valence-electron chi connectivity index (χ1n) is 4.68. The van der Waals surface area contributed by atoms with Crippen LogP contribution in [0.2, 0.25) is 0 Å². The lowest BCUT2D eigenvalue weighted by Crippen LogP contribution is -2.37. The first-order valence-corrected chi connectivity index (χ1v) is 6.31. The Morgan fingerprint density at radius 1 is 1.38 bits per heavy atom. The van der Waals surface area contributed by atoms with Crippen molar-refractivity contribution in [2.24, 2.45) is 0 Å². The molecule has 4 unspecified atom stereocenters. The molecule has 0 amide bonds. The van der Waals surface area contributed by atoms with Crippen LogP contribution in [0.3, 0.4) is 0 Å². The molecule has 0 aliphatic carbocycles. The Morgan fingerprint density at radius 2 is 1.92 bits per heavy atom. The predicted molar refractivity (Wildman–Crippen MR) is 57.3 cm³/mol. The van der Waals surface area contributed by atoms with Gasteiger partial charge in [0, 0.05) is 28.3 Å². The molecule has 0 aromatic heterocycles. The van der Waals surface area contributed by atoms with E-state index < -0.39 is 10.8 Å². The Labute approximate surface area is 83.4 Å². The Balaban J connectivity index is 3.50. The number of nitrogens with one attached hydrogen (secondary N) is 1. The molecule has 2 N–H and O–H groups in total. The van der Waals surface area contributed by atoms with E-state index in [1.165, 1.54) is 0 Å². The SMILES string of the molecule is CC(O)C(C)NCCC(C)S(C)=O. The van der Waals surface area contributed by atoms with E-state index in [1.807, 2.05) is 13.8 Å². The molecular formula is C9H21NO2S. The lowest BCUT2D eigenvalue weighted by Gasteiger charge is -2.17. The molecule has 0 radical (unpaired) electrons. The zero-order valence-corrected chi connectivity index (χ0v) is 9.73. The normalized spacial score (nSPS) is 20.7. The molecule has 0 bridgehead atoms. The number of hydrogen-bond donors (Lipinski definition) is 2. The van der Waals surface area contributed by atoms with E-state index in [9.17, 15) is 9.32 Å². The van der Waals surface area contributed by atoms with Crippen molar-refractivity contribution in [1.82, 2.24) is 5.32 Å². The van der Waals surface area contributed by atoms with Crippen LogP contribution in [-0.2, 0) is 10.8 Å². The smallest absolute Gasteiger partial charge is 0.0662 e. The van der Waals surface area contributed by atoms with Gasteiger partial charge in [0.25, 0.3) is 0 Å². The van der Waals surface area contributed by atoms with Gasteiger partial charge in [0.05, 0.1) is 6.10 Å². The number of aliphatic hydroxyl groups is 1. The first kappa shape index (κ1) is 13.1. The monoisotopic (exact) mass is 207 g/mol. The second kappa shape index (κ2) is 6.51. The summed E-state index contributed by atoms with van der Waals surface area (Å²) in [4.78, 5) is 0. The van der Waals surface area contributed by atoms with E-state index in [0.717, 1.165) is 13.0 Å². The highest BCUT2D eigenvalue weighted by molar-refractivity contribution is 7.84. The van der Waals surface area contributed by atoms with E-state index in [2.05, 4.69) is 5.32 Å². The van der Waals surface area contributed by atoms with Crippen LogP contribution in [0.1, 0.15) is 27.2 Å². The summed E-state index contributed by atoms with van der Waals surface area (Å²) >= 11 is 0. The van der Waals surface area contributed by atoms with Crippen molar-refractivity contribution in [2.45, 2.75) is 44.6 Å². The van der Waals surface area contributed by atoms with Crippen molar-refractivity contribution in [3.63, 3.8) is 0 Å². The summed E-state index contributed by atoms with van der Waals surface area (Å²) in [5.41, 5.74) is 0. The van der Waals surface area contributed by atoms with Crippen molar-refractivity contribution in [1.29, 1.82) is 0 Å². The van der Waals surface area contributed by atoms with Gasteiger partial charge in [-0.1, -0.05) is 6.92 Å². The molecule has 3 nitrogen and oxygen atoms in total. The second-order valence-electron chi connectivity index (χ2n) is 3.58. The molecule has 0 aromatic carbocycles. The summed E-state index contributed by atoms with van der Waals surface area (Å²) in [6, 6.07) is 0.109. The van der Waals surface area contributed by atoms with Gasteiger partial charge in [-0.3, -0.25) is 4.21 Å². The molecular weight excluding hydrogens is 186 g/mol. The van der Waals surface area contributed by atoms with Crippen molar-refractivity contribution >= 4 is 10.8 Å². The molecule has 0 spiro atoms. The number of aliphatic hydroxyl groups excluding tert-OH is 1. The molecule has 80 valence electrons. The average Bonchev–Trinajstić information content (AvgIpc) is 2.03. The maximum atomic E-state index is 11.0. The fraction of sp³-hybridized carbons (Fsp3) is 1.00. The van der Waals surface area contributed by atoms with E-state index in [0.29, 0.717) is 0 Å². The molecule has 0 saturated heterocycles. The molecule has 0 rings (SSSR count). The van der Waals surface area contributed by atoms with Crippen molar-refractivity contribution in [3.8, 4) is 0 Å². The number of hydrogen-bond acceptors (Lipinski definition) is 3. The maximum Gasteiger partial charge on any atom is 0.0662 e. The van der Waals surface area contributed by atoms with Crippen molar-refractivity contribution in [3.05, 3.63) is 0 Å². The highest BCUT2D eigenvalue weighted by Gasteiger charge is 2.09. The largest absolute Gasteiger partial charge is 0.392 e. The van der Waals surface area contributed by atoms with Gasteiger partial charge >= 0.3 is 0 Å². The van der Waals surface area contributed by atoms with E-state index in [1.54, 1.807) is 13.2 Å². The van der Waals surface area contributed by atoms with Crippen LogP contribution in [0.25, 0.3) is 0 Å². The maximum absolute atomic E-state index is 11.0. The van der Waals surface area contributed by atoms with Gasteiger partial charge in [-0.15, -0.1) is 0 Å². The summed E-state index contributed by atoms with van der Waals surface area (Å²) in [5.74, 6) is 0. The Hall–Kier alpha value is 0.0700. The van der Waals surface area contributed by atoms with E-state index in [4.69, 9.17) is 0 Å². The predicted octanol–water partition coefficient (Wildman–Crippen LogP) is 0.502. The average molecular weight is 207 g/mol. The molecule has 0 aliphatic rings. The van der Waals surface area contributed by atoms with E-state index >= 15 is 0 Å². The van der Waals surface area contributed by atoms with Crippen molar-refractivity contribution in [2.75, 3.05) is 12.8 Å². The zero-order valence-electron chi connectivity index (χ0n) is 8.91. The third-order valence-electron chi connectivity index (χ3n) is 2.31. The third kappa shape index (κ3) is 6.18. The van der Waals surface area contributed by atoms with Gasteiger partial charge in [-0.2, -0.15) is 0 Å². The van der Waals surface area contributed by atoms with Gasteiger partial charge in [0.1, 0.15) is 0 Å². The lowest BCUT2D eigenvalue weighted by molar-refractivity contribution is 0.153. The molecule has 4 atom stereocenters. The van der Waals surface area contributed by atoms with Gasteiger partial charge in [0.2, 0.25) is 0 Å². The molecule has 4 heteroatoms. The van der Waals surface area contributed by atoms with Gasteiger partial charge in [-0.25, -0.2) is 0 Å². The summed E-state index contributed by atoms with van der Waals surface area (Å²) in [6.07, 6.45) is 2.28. The first-order chi connectivity index (χ1) is 5.95. The van der Waals surface area contributed by atoms with Crippen LogP contribution >= 0.6 is 0 Å². The molecule has 0 heterocycles. The fourth-order valence-electron chi connectivity index (χ4n) is 0.851. The summed E-state index contributed by atoms with van der Waals surface area (Å²) in [5, 5.41) is 12.6. The zero-order chi connectivity index (χ0) is 10.4. The van der Waals surface area contributed by atoms with Crippen LogP contribution in [0, 0.1) is 0 Å². The van der Waals surface area contributed by atoms with Crippen LogP contribution in [-0.4, -0.2) is 39.5 Å². The molecule has 0 aromatic rings. The van der Waals surface area contributed by atoms with Crippen LogP contribution in [0.15, 0.2) is 0 Å². The Kier molecular flexibility index (Phi) is 6.55. The van der Waals surface area contributed by atoms with E-state index in [-0.39, 0.29) is 17.4 Å². The minimum Gasteiger partial charge on any atom is -0.392 e. The molecule has 0 fully saturated rings. The van der Waals surface area contributed by atoms with Gasteiger partial charge < -0.3 is 10.4 Å². The van der Waals surface area contributed by atoms with Gasteiger partial charge in [0.15, 0.2) is 0 Å². The minimum atomic E-state index is -0.738. The molecule has 13 heavy (non-hydrogen) atoms. The third-order valence-corrected chi connectivity index (χ3v) is 3.68. The Morgan fingerprint density at radius 3 is 2.31 bits per heavy atom. The second-order valence-corrected chi connectivity index (χ2v) is 5.38.